The number of imidazole rings is 1. The second-order valence-electron chi connectivity index (χ2n) is 33.7. The summed E-state index contributed by atoms with van der Waals surface area (Å²) in [7, 11) is 3.98. The van der Waals surface area contributed by atoms with E-state index in [1.165, 1.54) is 86.5 Å². The Balaban J connectivity index is 1.08. The first kappa shape index (κ1) is 102. The first-order valence-electron chi connectivity index (χ1n) is 44.5. The maximum Gasteiger partial charge on any atom is 0.303 e. The van der Waals surface area contributed by atoms with E-state index in [9.17, 15) is 63.3 Å². The highest BCUT2D eigenvalue weighted by Crippen LogP contribution is 2.30. The summed E-state index contributed by atoms with van der Waals surface area (Å²) >= 11 is 0.787. The van der Waals surface area contributed by atoms with Gasteiger partial charge in [-0.05, 0) is 132 Å². The molecule has 6 heterocycles. The number of amides is 15. The molecule has 1 unspecified atom stereocenters. The van der Waals surface area contributed by atoms with Crippen LogP contribution in [-0.2, 0) is 107 Å². The van der Waals surface area contributed by atoms with Crippen molar-refractivity contribution in [2.24, 2.45) is 17.4 Å². The lowest BCUT2D eigenvalue weighted by molar-refractivity contribution is -0.149. The molecule has 41 heteroatoms. The number of nitrogens with one attached hydrogen (secondary N) is 12. The summed E-state index contributed by atoms with van der Waals surface area (Å²) in [6.45, 7) is 4.72. The van der Waals surface area contributed by atoms with E-state index in [1.54, 1.807) is 48.8 Å². The fourth-order valence-corrected chi connectivity index (χ4v) is 17.4. The number of Topliss-reactive ketones (excluding diaryl/α,β-unsaturated/α-hetero) is 1. The van der Waals surface area contributed by atoms with Crippen LogP contribution in [0.5, 0.6) is 5.75 Å². The standard InChI is InChI=1S/C90H124N20O20S/c1-8-10-25-71-84(124)98-51(3)78(118)105-69(81(121)96-46-75(92)114)48-131-49-76(115)99-66(38-53-29-31-58(112)32-30-53)86(126)106(5)52(4)79(119)100-64(33-34-77(116)117)89(129)110-37-19-28-72(110)85(125)102-65(42-57-45-93-50-97-57)82(122)101-63(24-16-17-35-91)88(128)109-36-18-27-70(109)74(113)41-54(39-55-43-94-61-22-14-12-20-59(55)61)80(120)104-68(47-111)83(123)103-67(40-56-44-95-62-23-15-13-21-60(56)62)87(127)108(7)73(26-11-9-2)90(130)107(71)6/h12-15,20-23,29-32,43-45,50-52,54,63-73,94-95,111-112H,8-11,16-19,24-28,33-42,46-49,91H2,1-7H3,(H2,92,114)(H,93,97)(H,96,121)(H,98,124)(H,99,115)(H,100,119)(H,101,122)(H,102,125)(H,103,123)(H,104,120)(H,105,118)(H,116,117)/t51-,52-,54+,63-,64-,65-,66-,67-,68-,69-,70?,71-,72-,73-/m0/s1. The molecule has 9 rings (SSSR count). The van der Waals surface area contributed by atoms with Gasteiger partial charge in [-0.3, -0.25) is 81.5 Å². The van der Waals surface area contributed by atoms with E-state index in [-0.39, 0.29) is 102 Å². The van der Waals surface area contributed by atoms with Crippen LogP contribution < -0.4 is 59.3 Å². The molecule has 3 fully saturated rings. The van der Waals surface area contributed by atoms with Crippen LogP contribution in [0.15, 0.2) is 97.7 Å². The lowest BCUT2D eigenvalue weighted by Gasteiger charge is -2.36. The predicted molar refractivity (Wildman–Crippen MR) is 483 cm³/mol. The number of H-pyrrole nitrogens is 3. The first-order chi connectivity index (χ1) is 62.6. The van der Waals surface area contributed by atoms with E-state index >= 15 is 33.6 Å². The maximum absolute atomic E-state index is 15.6. The Morgan fingerprint density at radius 2 is 1.10 bits per heavy atom. The number of aliphatic hydroxyl groups is 1. The second kappa shape index (κ2) is 49.3. The van der Waals surface area contributed by atoms with Crippen LogP contribution in [0.2, 0.25) is 0 Å². The molecule has 0 bridgehead atoms. The number of rotatable bonds is 25. The third-order valence-corrected chi connectivity index (χ3v) is 25.2. The number of nitrogens with zero attached hydrogens (tertiary/aromatic N) is 6. The van der Waals surface area contributed by atoms with Crippen molar-refractivity contribution in [2.75, 3.05) is 65.4 Å². The van der Waals surface area contributed by atoms with Crippen LogP contribution in [-0.4, -0.2) is 304 Å². The van der Waals surface area contributed by atoms with E-state index in [2.05, 4.69) is 67.8 Å². The van der Waals surface area contributed by atoms with Gasteiger partial charge in [-0.1, -0.05) is 88.1 Å². The predicted octanol–water partition coefficient (Wildman–Crippen LogP) is 0.0199. The lowest BCUT2D eigenvalue weighted by atomic mass is 9.90. The number of aromatic nitrogens is 4. The number of primary amides is 1. The number of phenols is 1. The Hall–Kier alpha value is -12.8. The number of benzene rings is 3. The number of aromatic amines is 3. The van der Waals surface area contributed by atoms with Crippen molar-refractivity contribution in [1.82, 2.24) is 92.3 Å². The third kappa shape index (κ3) is 28.1. The van der Waals surface area contributed by atoms with Crippen LogP contribution in [0.1, 0.15) is 153 Å². The van der Waals surface area contributed by atoms with Crippen molar-refractivity contribution >= 4 is 134 Å². The number of ketones is 1. The number of aromatic hydroxyl groups is 1. The van der Waals surface area contributed by atoms with Crippen molar-refractivity contribution in [3.63, 3.8) is 0 Å². The summed E-state index contributed by atoms with van der Waals surface area (Å²) < 4.78 is 0. The van der Waals surface area contributed by atoms with Crippen molar-refractivity contribution in [2.45, 2.75) is 235 Å². The summed E-state index contributed by atoms with van der Waals surface area (Å²) in [5.41, 5.74) is 14.6. The number of carboxylic acids is 1. The molecule has 131 heavy (non-hydrogen) atoms. The molecule has 19 N–H and O–H groups in total. The van der Waals surface area contributed by atoms with E-state index < -0.39 is 229 Å². The van der Waals surface area contributed by atoms with Gasteiger partial charge in [-0.2, -0.15) is 0 Å². The molecule has 3 aliphatic rings. The molecule has 15 amide bonds. The molecule has 0 saturated carbocycles. The largest absolute Gasteiger partial charge is 0.508 e. The van der Waals surface area contributed by atoms with Crippen molar-refractivity contribution in [3.8, 4) is 5.75 Å². The highest BCUT2D eigenvalue weighted by molar-refractivity contribution is 8.00. The molecule has 3 saturated heterocycles. The smallest absolute Gasteiger partial charge is 0.303 e. The molecule has 3 aliphatic heterocycles. The number of thioether (sulfide) groups is 1. The zero-order valence-electron chi connectivity index (χ0n) is 74.9. The van der Waals surface area contributed by atoms with E-state index in [4.69, 9.17) is 11.5 Å². The highest BCUT2D eigenvalue weighted by atomic mass is 32.2. The summed E-state index contributed by atoms with van der Waals surface area (Å²) in [5, 5.41) is 56.6. The number of phenolic OH excluding ortho intramolecular Hbond substituents is 1. The quantitative estimate of drug-likeness (QED) is 0.0336. The van der Waals surface area contributed by atoms with Gasteiger partial charge in [-0.25, -0.2) is 4.98 Å². The fourth-order valence-electron chi connectivity index (χ4n) is 16.6. The van der Waals surface area contributed by atoms with E-state index in [0.29, 0.717) is 77.0 Å². The molecule has 3 aromatic carbocycles. The number of carbonyl (C=O) groups excluding carboxylic acids is 16. The van der Waals surface area contributed by atoms with Gasteiger partial charge in [-0.15, -0.1) is 11.8 Å². The maximum atomic E-state index is 15.6. The number of hydrogen-bond donors (Lipinski definition) is 17. The Labute approximate surface area is 762 Å². The van der Waals surface area contributed by atoms with Crippen molar-refractivity contribution < 1.29 is 96.8 Å². The Bertz CT molecular complexity index is 5030. The number of aliphatic hydroxyl groups excluding tert-OH is 1. The normalized spacial score (nSPS) is 24.7. The lowest BCUT2D eigenvalue weighted by Crippen LogP contribution is -2.60. The third-order valence-electron chi connectivity index (χ3n) is 24.2. The Morgan fingerprint density at radius 3 is 1.71 bits per heavy atom. The average molecular weight is 1840 g/mol. The minimum atomic E-state index is -1.80. The summed E-state index contributed by atoms with van der Waals surface area (Å²) in [4.78, 5) is 267. The summed E-state index contributed by atoms with van der Waals surface area (Å²) in [5.74, 6) is -17.4. The zero-order valence-corrected chi connectivity index (χ0v) is 75.8. The molecule has 6 aromatic rings. The van der Waals surface area contributed by atoms with Crippen molar-refractivity contribution in [3.05, 3.63) is 120 Å². The number of aliphatic carboxylic acids is 1. The second-order valence-corrected chi connectivity index (χ2v) is 34.7. The SMILES string of the molecule is CCCC[C@H]1C(=O)N(C)[C@@H](CCCC)C(=O)N[C@@H](C)C(=O)N[C@H](C(=O)NCC(N)=O)CSCC(=O)N[C@@H](Cc2ccc(O)cc2)C(=O)N(C)[C@@H](C)C(=O)N[C@@H](CCC(=O)O)C(=O)N2CCC[C@H]2C(=O)N[C@@H](Cc2c[nH]cn2)C(=O)N[C@@H](CCCCN)C(=O)N2CCCC2C(=O)C[C@@H](Cc2c[nH]c3ccccc23)C(=O)N[C@@H](CO)C(=O)N[C@@H](Cc2c[nH]c3ccccc23)C(=O)N1C. The topological polar surface area (TPSA) is 588 Å². The van der Waals surface area contributed by atoms with E-state index in [1.807, 2.05) is 26.0 Å². The number of para-hydroxylation sites is 2. The monoisotopic (exact) mass is 1840 g/mol. The Kier molecular flexibility index (Phi) is 38.4. The van der Waals surface area contributed by atoms with Gasteiger partial charge >= 0.3 is 5.97 Å². The number of nitrogens with two attached hydrogens (primary N) is 2. The number of fused-ring (bicyclic) bond motifs is 4. The molecular formula is C90H124N20O20S. The number of unbranched alkanes of at least 4 members (excludes halogenated alkanes) is 3. The van der Waals surface area contributed by atoms with Crippen molar-refractivity contribution in [1.29, 1.82) is 0 Å². The molecule has 0 aliphatic carbocycles. The Morgan fingerprint density at radius 1 is 0.542 bits per heavy atom. The van der Waals surface area contributed by atoms with Crippen LogP contribution in [0.4, 0.5) is 0 Å². The van der Waals surface area contributed by atoms with Gasteiger partial charge in [0, 0.05) is 118 Å². The number of likely N-dealkylation sites (N-methyl/N-ethyl adjacent to an activating group) is 3. The van der Waals surface area contributed by atoms with Gasteiger partial charge in [0.2, 0.25) is 88.6 Å². The van der Waals surface area contributed by atoms with Gasteiger partial charge in [0.15, 0.2) is 5.78 Å². The molecule has 0 radical (unpaired) electrons. The molecule has 0 spiro atoms. The highest BCUT2D eigenvalue weighted by Gasteiger charge is 2.45. The molecule has 14 atom stereocenters. The average Bonchev–Trinajstić information content (AvgIpc) is 1.80. The molecular weight excluding hydrogens is 1710 g/mol. The van der Waals surface area contributed by atoms with E-state index in [0.717, 1.165) is 21.6 Å². The molecule has 710 valence electrons. The minimum absolute atomic E-state index is 0.0137. The van der Waals surface area contributed by atoms with Crippen LogP contribution in [0.3, 0.4) is 0 Å². The minimum Gasteiger partial charge on any atom is -0.508 e. The number of carbonyl (C=O) groups is 17. The van der Waals surface area contributed by atoms with Gasteiger partial charge in [0.1, 0.15) is 78.3 Å². The molecule has 40 nitrogen and oxygen atoms in total. The zero-order chi connectivity index (χ0) is 95.3. The van der Waals surface area contributed by atoms with Gasteiger partial charge < -0.3 is 114 Å². The van der Waals surface area contributed by atoms with Gasteiger partial charge in [0.25, 0.3) is 0 Å². The van der Waals surface area contributed by atoms with Crippen LogP contribution in [0, 0.1) is 5.92 Å². The molecule has 3 aromatic heterocycles. The van der Waals surface area contributed by atoms with Gasteiger partial charge in [0.05, 0.1) is 37.0 Å². The van der Waals surface area contributed by atoms with Crippen LogP contribution in [0.25, 0.3) is 21.8 Å². The number of hydrogen-bond acceptors (Lipinski definition) is 22. The number of carboxylic acid groups (broad SMARTS) is 1. The first-order valence-corrected chi connectivity index (χ1v) is 45.7. The fraction of sp³-hybridized carbons (Fsp3) is 0.533. The summed E-state index contributed by atoms with van der Waals surface area (Å²) in [6.07, 6.45) is 6.70. The summed E-state index contributed by atoms with van der Waals surface area (Å²) in [6, 6.07) is 0.983. The van der Waals surface area contributed by atoms with Crippen LogP contribution >= 0.6 is 11.8 Å².